The molecule has 1 N–H and O–H groups in total. The van der Waals surface area contributed by atoms with Crippen LogP contribution in [0.25, 0.3) is 11.4 Å². The smallest absolute Gasteiger partial charge is 0.210 e. The Balaban J connectivity index is 2.07. The van der Waals surface area contributed by atoms with Crippen LogP contribution in [0.2, 0.25) is 0 Å². The van der Waals surface area contributed by atoms with Gasteiger partial charge in [0.1, 0.15) is 0 Å². The molecule has 3 heterocycles. The van der Waals surface area contributed by atoms with Gasteiger partial charge in [-0.15, -0.1) is 10.2 Å². The molecule has 0 fully saturated rings. The summed E-state index contributed by atoms with van der Waals surface area (Å²) in [6.45, 7) is 2.14. The number of nitrogens with zero attached hydrogens (tertiary/aromatic N) is 4. The molecule has 1 aliphatic heterocycles. The molecule has 0 aliphatic carbocycles. The van der Waals surface area contributed by atoms with Crippen LogP contribution in [0, 0.1) is 0 Å². The predicted molar refractivity (Wildman–Crippen MR) is 62.8 cm³/mol. The van der Waals surface area contributed by atoms with E-state index in [9.17, 15) is 0 Å². The van der Waals surface area contributed by atoms with Crippen LogP contribution in [0.4, 0.5) is 0 Å². The van der Waals surface area contributed by atoms with E-state index in [4.69, 9.17) is 0 Å². The molecule has 1 unspecified atom stereocenters. The standard InChI is InChI=1S/C10H11N5S/c1-7-6-16-10-13-12-9(15(10)14-7)8-3-2-4-11-5-8/h2-5,7,14H,6H2,1H3. The average Bonchev–Trinajstić information content (AvgIpc) is 2.73. The summed E-state index contributed by atoms with van der Waals surface area (Å²) in [6.07, 6.45) is 3.55. The summed E-state index contributed by atoms with van der Waals surface area (Å²) in [5.41, 5.74) is 4.33. The number of nitrogens with one attached hydrogen (secondary N) is 1. The third kappa shape index (κ3) is 1.55. The molecule has 5 nitrogen and oxygen atoms in total. The number of rotatable bonds is 1. The maximum atomic E-state index is 4.19. The van der Waals surface area contributed by atoms with Crippen LogP contribution >= 0.6 is 11.8 Å². The Kier molecular flexibility index (Phi) is 2.28. The van der Waals surface area contributed by atoms with Gasteiger partial charge in [0, 0.05) is 29.8 Å². The lowest BCUT2D eigenvalue weighted by Crippen LogP contribution is -2.32. The van der Waals surface area contributed by atoms with Crippen molar-refractivity contribution in [3.05, 3.63) is 24.5 Å². The van der Waals surface area contributed by atoms with Crippen molar-refractivity contribution in [1.82, 2.24) is 19.9 Å². The van der Waals surface area contributed by atoms with Gasteiger partial charge in [-0.25, -0.2) is 4.68 Å². The lowest BCUT2D eigenvalue weighted by Gasteiger charge is -2.22. The first-order chi connectivity index (χ1) is 7.84. The number of hydrogen-bond acceptors (Lipinski definition) is 5. The minimum absolute atomic E-state index is 0.420. The van der Waals surface area contributed by atoms with Gasteiger partial charge < -0.3 is 5.43 Å². The number of fused-ring (bicyclic) bond motifs is 1. The first-order valence-electron chi connectivity index (χ1n) is 5.10. The first-order valence-corrected chi connectivity index (χ1v) is 6.08. The number of hydrogen-bond donors (Lipinski definition) is 1. The van der Waals surface area contributed by atoms with E-state index >= 15 is 0 Å². The Hall–Kier alpha value is -1.56. The highest BCUT2D eigenvalue weighted by Crippen LogP contribution is 2.26. The maximum absolute atomic E-state index is 4.19. The SMILES string of the molecule is CC1CSc2nnc(-c3cccnc3)n2N1. The summed E-state index contributed by atoms with van der Waals surface area (Å²) >= 11 is 1.72. The van der Waals surface area contributed by atoms with Gasteiger partial charge in [0.15, 0.2) is 5.82 Å². The molecule has 82 valence electrons. The van der Waals surface area contributed by atoms with Crippen molar-refractivity contribution >= 4 is 11.8 Å². The first kappa shape index (κ1) is 9.65. The zero-order valence-electron chi connectivity index (χ0n) is 8.79. The second-order valence-electron chi connectivity index (χ2n) is 3.72. The maximum Gasteiger partial charge on any atom is 0.210 e. The van der Waals surface area contributed by atoms with Gasteiger partial charge in [0.2, 0.25) is 5.16 Å². The summed E-state index contributed by atoms with van der Waals surface area (Å²) in [4.78, 5) is 4.09. The Morgan fingerprint density at radius 2 is 2.44 bits per heavy atom. The minimum atomic E-state index is 0.420. The zero-order chi connectivity index (χ0) is 11.0. The van der Waals surface area contributed by atoms with Crippen molar-refractivity contribution in [3.63, 3.8) is 0 Å². The van der Waals surface area contributed by atoms with E-state index in [-0.39, 0.29) is 0 Å². The Morgan fingerprint density at radius 1 is 1.50 bits per heavy atom. The fourth-order valence-corrected chi connectivity index (χ4v) is 2.46. The predicted octanol–water partition coefficient (Wildman–Crippen LogP) is 1.38. The second kappa shape index (κ2) is 3.79. The van der Waals surface area contributed by atoms with Crippen molar-refractivity contribution < 1.29 is 0 Å². The normalized spacial score (nSPS) is 18.9. The lowest BCUT2D eigenvalue weighted by atomic mass is 10.3. The van der Waals surface area contributed by atoms with E-state index in [1.54, 1.807) is 24.2 Å². The monoisotopic (exact) mass is 233 g/mol. The van der Waals surface area contributed by atoms with E-state index < -0.39 is 0 Å². The van der Waals surface area contributed by atoms with E-state index in [1.165, 1.54) is 0 Å². The number of pyridine rings is 1. The zero-order valence-corrected chi connectivity index (χ0v) is 9.61. The third-order valence-corrected chi connectivity index (χ3v) is 3.55. The van der Waals surface area contributed by atoms with Gasteiger partial charge in [-0.05, 0) is 19.1 Å². The molecule has 0 radical (unpaired) electrons. The fraction of sp³-hybridized carbons (Fsp3) is 0.300. The van der Waals surface area contributed by atoms with Crippen molar-refractivity contribution in [2.24, 2.45) is 0 Å². The van der Waals surface area contributed by atoms with Crippen molar-refractivity contribution in [3.8, 4) is 11.4 Å². The van der Waals surface area contributed by atoms with Crippen LogP contribution in [-0.4, -0.2) is 31.7 Å². The topological polar surface area (TPSA) is 55.6 Å². The fourth-order valence-electron chi connectivity index (χ4n) is 1.62. The molecular weight excluding hydrogens is 222 g/mol. The Labute approximate surface area is 97.3 Å². The van der Waals surface area contributed by atoms with E-state index in [1.807, 2.05) is 16.8 Å². The summed E-state index contributed by atoms with van der Waals surface area (Å²) in [6, 6.07) is 4.30. The van der Waals surface area contributed by atoms with E-state index in [0.717, 1.165) is 22.3 Å². The molecule has 0 bridgehead atoms. The quantitative estimate of drug-likeness (QED) is 0.806. The van der Waals surface area contributed by atoms with Crippen molar-refractivity contribution in [2.45, 2.75) is 18.1 Å². The van der Waals surface area contributed by atoms with E-state index in [2.05, 4.69) is 27.5 Å². The van der Waals surface area contributed by atoms with Crippen LogP contribution in [-0.2, 0) is 0 Å². The molecular formula is C10H11N5S. The second-order valence-corrected chi connectivity index (χ2v) is 4.71. The Bertz CT molecular complexity index is 495. The van der Waals surface area contributed by atoms with Gasteiger partial charge in [-0.2, -0.15) is 0 Å². The molecule has 2 aromatic heterocycles. The van der Waals surface area contributed by atoms with Crippen LogP contribution in [0.3, 0.4) is 0 Å². The highest BCUT2D eigenvalue weighted by Gasteiger charge is 2.20. The molecule has 1 aliphatic rings. The summed E-state index contributed by atoms with van der Waals surface area (Å²) < 4.78 is 1.94. The minimum Gasteiger partial charge on any atom is -0.318 e. The summed E-state index contributed by atoms with van der Waals surface area (Å²) in [7, 11) is 0. The molecule has 3 rings (SSSR count). The highest BCUT2D eigenvalue weighted by molar-refractivity contribution is 7.99. The molecule has 2 aromatic rings. The molecule has 0 amide bonds. The summed E-state index contributed by atoms with van der Waals surface area (Å²) in [5, 5.41) is 9.26. The van der Waals surface area contributed by atoms with Crippen molar-refractivity contribution in [1.29, 1.82) is 0 Å². The van der Waals surface area contributed by atoms with Crippen molar-refractivity contribution in [2.75, 3.05) is 11.2 Å². The summed E-state index contributed by atoms with van der Waals surface area (Å²) in [5.74, 6) is 1.84. The molecule has 0 saturated carbocycles. The van der Waals surface area contributed by atoms with Gasteiger partial charge in [-0.3, -0.25) is 4.98 Å². The largest absolute Gasteiger partial charge is 0.318 e. The van der Waals surface area contributed by atoms with Crippen LogP contribution in [0.1, 0.15) is 6.92 Å². The van der Waals surface area contributed by atoms with Crippen LogP contribution < -0.4 is 5.43 Å². The number of thioether (sulfide) groups is 1. The molecule has 0 saturated heterocycles. The molecule has 0 aromatic carbocycles. The van der Waals surface area contributed by atoms with Crippen LogP contribution in [0.15, 0.2) is 29.7 Å². The molecule has 0 spiro atoms. The molecule has 1 atom stereocenters. The van der Waals surface area contributed by atoms with Crippen LogP contribution in [0.5, 0.6) is 0 Å². The van der Waals surface area contributed by atoms with Gasteiger partial charge in [-0.1, -0.05) is 11.8 Å². The number of aromatic nitrogens is 4. The average molecular weight is 233 g/mol. The lowest BCUT2D eigenvalue weighted by molar-refractivity contribution is 0.672. The Morgan fingerprint density at radius 3 is 3.25 bits per heavy atom. The van der Waals surface area contributed by atoms with E-state index in [0.29, 0.717) is 6.04 Å². The third-order valence-electron chi connectivity index (χ3n) is 2.37. The highest BCUT2D eigenvalue weighted by atomic mass is 32.2. The van der Waals surface area contributed by atoms with Gasteiger partial charge in [0.05, 0.1) is 0 Å². The van der Waals surface area contributed by atoms with Gasteiger partial charge in [0.25, 0.3) is 0 Å². The molecule has 6 heteroatoms. The molecule has 16 heavy (non-hydrogen) atoms. The van der Waals surface area contributed by atoms with Gasteiger partial charge >= 0.3 is 0 Å².